The number of nitrogens with two attached hydrogens (primary N) is 1. The fourth-order valence-electron chi connectivity index (χ4n) is 2.75. The van der Waals surface area contributed by atoms with Gasteiger partial charge in [0.25, 0.3) is 0 Å². The van der Waals surface area contributed by atoms with Gasteiger partial charge in [-0.2, -0.15) is 0 Å². The summed E-state index contributed by atoms with van der Waals surface area (Å²) in [5, 5.41) is 0. The standard InChI is InChI=1S/C20H19NO5S2/c1-25-14-8-10-15(11-9-14)28(23,24)20-17(21)16(18(27-20)19(22)26-2)12-13-6-4-3-5-7-13/h3-11H,12,21H2,1-2H3. The second-order valence-electron chi connectivity index (χ2n) is 5.94. The Labute approximate surface area is 167 Å². The van der Waals surface area contributed by atoms with Crippen molar-refractivity contribution in [3.05, 3.63) is 70.6 Å². The summed E-state index contributed by atoms with van der Waals surface area (Å²) in [5.41, 5.74) is 7.66. The zero-order valence-electron chi connectivity index (χ0n) is 15.3. The summed E-state index contributed by atoms with van der Waals surface area (Å²) in [6.45, 7) is 0. The van der Waals surface area contributed by atoms with Crippen LogP contribution in [0.4, 0.5) is 5.69 Å². The topological polar surface area (TPSA) is 95.7 Å². The average molecular weight is 418 g/mol. The molecule has 0 amide bonds. The van der Waals surface area contributed by atoms with E-state index in [1.807, 2.05) is 30.3 Å². The van der Waals surface area contributed by atoms with Crippen molar-refractivity contribution in [2.45, 2.75) is 15.5 Å². The molecule has 0 bridgehead atoms. The van der Waals surface area contributed by atoms with Gasteiger partial charge in [-0.3, -0.25) is 0 Å². The maximum absolute atomic E-state index is 13.1. The first-order chi connectivity index (χ1) is 13.4. The number of carbonyl (C=O) groups excluding carboxylic acids is 1. The molecule has 0 radical (unpaired) electrons. The van der Waals surface area contributed by atoms with Crippen molar-refractivity contribution in [3.63, 3.8) is 0 Å². The zero-order chi connectivity index (χ0) is 20.3. The van der Waals surface area contributed by atoms with E-state index in [4.69, 9.17) is 15.2 Å². The van der Waals surface area contributed by atoms with E-state index in [1.54, 1.807) is 12.1 Å². The molecule has 0 saturated heterocycles. The van der Waals surface area contributed by atoms with E-state index < -0.39 is 15.8 Å². The van der Waals surface area contributed by atoms with Crippen LogP contribution < -0.4 is 10.5 Å². The van der Waals surface area contributed by atoms with Crippen molar-refractivity contribution in [2.24, 2.45) is 0 Å². The fraction of sp³-hybridized carbons (Fsp3) is 0.150. The Morgan fingerprint density at radius 1 is 1.04 bits per heavy atom. The number of ether oxygens (including phenoxy) is 2. The third-order valence-corrected chi connectivity index (χ3v) is 7.75. The maximum atomic E-state index is 13.1. The number of anilines is 1. The zero-order valence-corrected chi connectivity index (χ0v) is 17.0. The first-order valence-corrected chi connectivity index (χ1v) is 10.6. The number of nitrogen functional groups attached to an aromatic ring is 1. The van der Waals surface area contributed by atoms with E-state index in [-0.39, 0.29) is 19.7 Å². The van der Waals surface area contributed by atoms with Gasteiger partial charge >= 0.3 is 5.97 Å². The van der Waals surface area contributed by atoms with Gasteiger partial charge in [-0.1, -0.05) is 30.3 Å². The van der Waals surface area contributed by atoms with E-state index in [0.29, 0.717) is 17.7 Å². The Kier molecular flexibility index (Phi) is 5.71. The van der Waals surface area contributed by atoms with Crippen LogP contribution in [0.25, 0.3) is 0 Å². The number of benzene rings is 2. The van der Waals surface area contributed by atoms with Gasteiger partial charge in [0.2, 0.25) is 9.84 Å². The molecule has 0 saturated carbocycles. The fourth-order valence-corrected chi connectivity index (χ4v) is 5.74. The number of hydrogen-bond acceptors (Lipinski definition) is 7. The summed E-state index contributed by atoms with van der Waals surface area (Å²) in [7, 11) is -1.15. The largest absolute Gasteiger partial charge is 0.497 e. The predicted molar refractivity (Wildman–Crippen MR) is 108 cm³/mol. The highest BCUT2D eigenvalue weighted by Gasteiger charge is 2.30. The lowest BCUT2D eigenvalue weighted by atomic mass is 10.0. The van der Waals surface area contributed by atoms with Gasteiger partial charge in [0.1, 0.15) is 14.8 Å². The predicted octanol–water partition coefficient (Wildman–Crippen LogP) is 3.55. The second kappa shape index (κ2) is 8.04. The molecule has 2 aromatic carbocycles. The first kappa shape index (κ1) is 19.9. The van der Waals surface area contributed by atoms with Gasteiger partial charge < -0.3 is 15.2 Å². The highest BCUT2D eigenvalue weighted by Crippen LogP contribution is 2.39. The molecule has 0 aliphatic heterocycles. The van der Waals surface area contributed by atoms with Gasteiger partial charge in [-0.15, -0.1) is 11.3 Å². The van der Waals surface area contributed by atoms with Crippen molar-refractivity contribution in [1.82, 2.24) is 0 Å². The minimum Gasteiger partial charge on any atom is -0.497 e. The maximum Gasteiger partial charge on any atom is 0.348 e. The summed E-state index contributed by atoms with van der Waals surface area (Å²) in [4.78, 5) is 12.5. The van der Waals surface area contributed by atoms with Crippen LogP contribution in [0, 0.1) is 0 Å². The van der Waals surface area contributed by atoms with Crippen LogP contribution in [-0.2, 0) is 21.0 Å². The van der Waals surface area contributed by atoms with Crippen LogP contribution in [0.3, 0.4) is 0 Å². The molecule has 3 rings (SSSR count). The van der Waals surface area contributed by atoms with E-state index >= 15 is 0 Å². The molecule has 1 aromatic heterocycles. The van der Waals surface area contributed by atoms with Crippen molar-refractivity contribution in [1.29, 1.82) is 0 Å². The molecule has 6 nitrogen and oxygen atoms in total. The molecule has 0 unspecified atom stereocenters. The summed E-state index contributed by atoms with van der Waals surface area (Å²) < 4.78 is 36.1. The smallest absolute Gasteiger partial charge is 0.348 e. The Balaban J connectivity index is 2.11. The van der Waals surface area contributed by atoms with E-state index in [1.165, 1.54) is 26.4 Å². The summed E-state index contributed by atoms with van der Waals surface area (Å²) in [6, 6.07) is 15.4. The summed E-state index contributed by atoms with van der Waals surface area (Å²) in [5.74, 6) is -0.0723. The minimum atomic E-state index is -3.90. The molecule has 0 aliphatic carbocycles. The van der Waals surface area contributed by atoms with Crippen LogP contribution in [0.5, 0.6) is 5.75 Å². The number of esters is 1. The average Bonchev–Trinajstić information content (AvgIpc) is 3.05. The van der Waals surface area contributed by atoms with Crippen LogP contribution in [0.2, 0.25) is 0 Å². The molecular formula is C20H19NO5S2. The Morgan fingerprint density at radius 2 is 1.68 bits per heavy atom. The molecule has 28 heavy (non-hydrogen) atoms. The van der Waals surface area contributed by atoms with Crippen molar-refractivity contribution in [3.8, 4) is 5.75 Å². The minimum absolute atomic E-state index is 0.0657. The van der Waals surface area contributed by atoms with Crippen LogP contribution in [0.15, 0.2) is 63.7 Å². The second-order valence-corrected chi connectivity index (χ2v) is 9.11. The SMILES string of the molecule is COC(=O)c1sc(S(=O)(=O)c2ccc(OC)cc2)c(N)c1Cc1ccccc1. The monoisotopic (exact) mass is 417 g/mol. The summed E-state index contributed by atoms with van der Waals surface area (Å²) >= 11 is 0.831. The van der Waals surface area contributed by atoms with Crippen molar-refractivity contribution < 1.29 is 22.7 Å². The number of carbonyl (C=O) groups is 1. The van der Waals surface area contributed by atoms with E-state index in [2.05, 4.69) is 0 Å². The number of hydrogen-bond donors (Lipinski definition) is 1. The number of methoxy groups -OCH3 is 2. The first-order valence-electron chi connectivity index (χ1n) is 8.31. The Bertz CT molecular complexity index is 1090. The molecule has 2 N–H and O–H groups in total. The Morgan fingerprint density at radius 3 is 2.25 bits per heavy atom. The van der Waals surface area contributed by atoms with E-state index in [0.717, 1.165) is 16.9 Å². The van der Waals surface area contributed by atoms with Gasteiger partial charge in [-0.05, 0) is 29.8 Å². The lowest BCUT2D eigenvalue weighted by molar-refractivity contribution is 0.0605. The molecule has 0 aliphatic rings. The van der Waals surface area contributed by atoms with Crippen molar-refractivity contribution in [2.75, 3.05) is 20.0 Å². The molecular weight excluding hydrogens is 398 g/mol. The lowest BCUT2D eigenvalue weighted by Gasteiger charge is -2.06. The van der Waals surface area contributed by atoms with Crippen LogP contribution in [0.1, 0.15) is 20.8 Å². The molecule has 146 valence electrons. The van der Waals surface area contributed by atoms with Gasteiger partial charge in [0.15, 0.2) is 0 Å². The Hall–Kier alpha value is -2.84. The quantitative estimate of drug-likeness (QED) is 0.616. The highest BCUT2D eigenvalue weighted by molar-refractivity contribution is 7.93. The number of sulfone groups is 1. The molecule has 8 heteroatoms. The van der Waals surface area contributed by atoms with Gasteiger partial charge in [0.05, 0.1) is 24.8 Å². The van der Waals surface area contributed by atoms with Crippen molar-refractivity contribution >= 4 is 32.8 Å². The third kappa shape index (κ3) is 3.74. The molecule has 3 aromatic rings. The molecule has 0 fully saturated rings. The lowest BCUT2D eigenvalue weighted by Crippen LogP contribution is -2.05. The van der Waals surface area contributed by atoms with E-state index in [9.17, 15) is 13.2 Å². The van der Waals surface area contributed by atoms with Gasteiger partial charge in [-0.25, -0.2) is 13.2 Å². The summed E-state index contributed by atoms with van der Waals surface area (Å²) in [6.07, 6.45) is 0.325. The number of rotatable bonds is 6. The van der Waals surface area contributed by atoms with Crippen LogP contribution >= 0.6 is 11.3 Å². The normalized spacial score (nSPS) is 11.2. The van der Waals surface area contributed by atoms with Gasteiger partial charge in [0, 0.05) is 12.0 Å². The van der Waals surface area contributed by atoms with Crippen LogP contribution in [-0.4, -0.2) is 28.6 Å². The highest BCUT2D eigenvalue weighted by atomic mass is 32.2. The third-order valence-electron chi connectivity index (χ3n) is 4.22. The molecule has 1 heterocycles. The molecule has 0 spiro atoms. The molecule has 0 atom stereocenters. The number of thiophene rings is 1.